The summed E-state index contributed by atoms with van der Waals surface area (Å²) in [5, 5.41) is 6.00. The summed E-state index contributed by atoms with van der Waals surface area (Å²) in [4.78, 5) is 33.0. The first-order chi connectivity index (χ1) is 13.3. The lowest BCUT2D eigenvalue weighted by Gasteiger charge is -2.13. The van der Waals surface area contributed by atoms with Crippen molar-refractivity contribution in [3.05, 3.63) is 76.6 Å². The summed E-state index contributed by atoms with van der Waals surface area (Å²) in [6, 6.07) is 14.4. The molecule has 0 radical (unpaired) electrons. The van der Waals surface area contributed by atoms with Crippen LogP contribution < -0.4 is 10.6 Å². The van der Waals surface area contributed by atoms with Gasteiger partial charge in [-0.15, -0.1) is 0 Å². The highest BCUT2D eigenvalue weighted by Crippen LogP contribution is 2.23. The molecule has 0 unspecified atom stereocenters. The maximum absolute atomic E-state index is 12.7. The molecule has 2 N–H and O–H groups in total. The van der Waals surface area contributed by atoms with Crippen molar-refractivity contribution >= 4 is 29.0 Å². The van der Waals surface area contributed by atoms with Gasteiger partial charge in [0.25, 0.3) is 5.91 Å². The normalized spacial score (nSPS) is 10.4. The molecule has 0 spiro atoms. The molecule has 3 aromatic rings. The number of anilines is 3. The number of carbonyl (C=O) groups is 2. The maximum atomic E-state index is 12.7. The van der Waals surface area contributed by atoms with Gasteiger partial charge in [-0.1, -0.05) is 30.3 Å². The molecule has 6 nitrogen and oxygen atoms in total. The Hall–Kier alpha value is -3.54. The van der Waals surface area contributed by atoms with Crippen LogP contribution in [0.3, 0.4) is 0 Å². The second-order valence-electron chi connectivity index (χ2n) is 6.70. The van der Waals surface area contributed by atoms with Crippen LogP contribution in [0.1, 0.15) is 44.6 Å². The third kappa shape index (κ3) is 4.40. The predicted octanol–water partition coefficient (Wildman–Crippen LogP) is 4.60. The fraction of sp³-hybridized carbons (Fsp3) is 0.182. The number of ketones is 1. The Bertz CT molecular complexity index is 1040. The van der Waals surface area contributed by atoms with E-state index in [1.165, 1.54) is 6.92 Å². The number of benzene rings is 2. The number of nitrogens with zero attached hydrogens (tertiary/aromatic N) is 2. The molecule has 0 saturated heterocycles. The lowest BCUT2D eigenvalue weighted by atomic mass is 10.1. The molecule has 28 heavy (non-hydrogen) atoms. The van der Waals surface area contributed by atoms with Crippen LogP contribution in [0.15, 0.2) is 48.5 Å². The fourth-order valence-electron chi connectivity index (χ4n) is 2.88. The Morgan fingerprint density at radius 1 is 0.893 bits per heavy atom. The van der Waals surface area contributed by atoms with Gasteiger partial charge in [-0.3, -0.25) is 9.59 Å². The summed E-state index contributed by atoms with van der Waals surface area (Å²) in [5.41, 5.74) is 5.05. The second-order valence-corrected chi connectivity index (χ2v) is 6.70. The molecule has 0 bridgehead atoms. The van der Waals surface area contributed by atoms with Gasteiger partial charge in [0.1, 0.15) is 5.69 Å². The smallest absolute Gasteiger partial charge is 0.274 e. The molecule has 3 rings (SSSR count). The minimum Gasteiger partial charge on any atom is -0.324 e. The van der Waals surface area contributed by atoms with Gasteiger partial charge in [-0.2, -0.15) is 0 Å². The van der Waals surface area contributed by atoms with Gasteiger partial charge in [0.05, 0.1) is 0 Å². The number of amides is 1. The highest BCUT2D eigenvalue weighted by atomic mass is 16.2. The number of hydrogen-bond acceptors (Lipinski definition) is 5. The van der Waals surface area contributed by atoms with E-state index in [1.54, 1.807) is 30.3 Å². The maximum Gasteiger partial charge on any atom is 0.274 e. The minimum absolute atomic E-state index is 0.0610. The highest BCUT2D eigenvalue weighted by Gasteiger charge is 2.13. The molecule has 2 aromatic carbocycles. The summed E-state index contributed by atoms with van der Waals surface area (Å²) >= 11 is 0. The summed E-state index contributed by atoms with van der Waals surface area (Å²) in [6.45, 7) is 7.30. The van der Waals surface area contributed by atoms with Crippen molar-refractivity contribution < 1.29 is 9.59 Å². The Kier molecular flexibility index (Phi) is 5.49. The summed E-state index contributed by atoms with van der Waals surface area (Å²) in [5.74, 6) is -0.0649. The van der Waals surface area contributed by atoms with Gasteiger partial charge in [-0.05, 0) is 57.0 Å². The monoisotopic (exact) mass is 374 g/mol. The zero-order valence-corrected chi connectivity index (χ0v) is 16.3. The van der Waals surface area contributed by atoms with E-state index in [-0.39, 0.29) is 17.4 Å². The summed E-state index contributed by atoms with van der Waals surface area (Å²) in [7, 11) is 0. The van der Waals surface area contributed by atoms with Crippen LogP contribution in [0, 0.1) is 20.8 Å². The number of aryl methyl sites for hydroxylation is 3. The van der Waals surface area contributed by atoms with Crippen LogP contribution in [0.2, 0.25) is 0 Å². The first-order valence-corrected chi connectivity index (χ1v) is 8.95. The van der Waals surface area contributed by atoms with E-state index >= 15 is 0 Å². The lowest BCUT2D eigenvalue weighted by Crippen LogP contribution is -2.16. The molecule has 1 amide bonds. The Balaban J connectivity index is 1.86. The van der Waals surface area contributed by atoms with Crippen LogP contribution in [0.4, 0.5) is 17.3 Å². The summed E-state index contributed by atoms with van der Waals surface area (Å²) < 4.78 is 0. The van der Waals surface area contributed by atoms with Crippen LogP contribution in [0.25, 0.3) is 0 Å². The topological polar surface area (TPSA) is 84.0 Å². The minimum atomic E-state index is -0.365. The first-order valence-electron chi connectivity index (χ1n) is 8.95. The van der Waals surface area contributed by atoms with E-state index in [0.29, 0.717) is 22.9 Å². The lowest BCUT2D eigenvalue weighted by molar-refractivity contribution is 0.100. The zero-order valence-electron chi connectivity index (χ0n) is 16.3. The van der Waals surface area contributed by atoms with Gasteiger partial charge >= 0.3 is 0 Å². The second kappa shape index (κ2) is 8.00. The highest BCUT2D eigenvalue weighted by molar-refractivity contribution is 6.04. The fourth-order valence-corrected chi connectivity index (χ4v) is 2.88. The molecule has 0 atom stereocenters. The molecule has 1 aromatic heterocycles. The largest absolute Gasteiger partial charge is 0.324 e. The van der Waals surface area contributed by atoms with E-state index in [2.05, 4.69) is 20.6 Å². The van der Waals surface area contributed by atoms with Crippen molar-refractivity contribution in [3.63, 3.8) is 0 Å². The van der Waals surface area contributed by atoms with Gasteiger partial charge in [0.15, 0.2) is 5.78 Å². The average Bonchev–Trinajstić information content (AvgIpc) is 2.64. The van der Waals surface area contributed by atoms with Crippen LogP contribution in [-0.4, -0.2) is 21.7 Å². The number of para-hydroxylation sites is 1. The molecular formula is C22H22N4O2. The van der Waals surface area contributed by atoms with Gasteiger partial charge in [-0.25, -0.2) is 9.97 Å². The predicted molar refractivity (Wildman–Crippen MR) is 110 cm³/mol. The van der Waals surface area contributed by atoms with Crippen LogP contribution >= 0.6 is 0 Å². The molecular weight excluding hydrogens is 352 g/mol. The number of hydrogen-bond donors (Lipinski definition) is 2. The van der Waals surface area contributed by atoms with Crippen LogP contribution in [0.5, 0.6) is 0 Å². The number of aromatic nitrogens is 2. The number of Topliss-reactive ketones (excluding diaryl/α,β-unsaturated/α-hetero) is 1. The van der Waals surface area contributed by atoms with E-state index in [9.17, 15) is 9.59 Å². The molecule has 0 aliphatic rings. The molecule has 0 fully saturated rings. The number of rotatable bonds is 5. The van der Waals surface area contributed by atoms with Crippen molar-refractivity contribution in [1.29, 1.82) is 0 Å². The molecule has 0 saturated carbocycles. The van der Waals surface area contributed by atoms with Gasteiger partial charge in [0, 0.05) is 22.6 Å². The summed E-state index contributed by atoms with van der Waals surface area (Å²) in [6.07, 6.45) is 0. The van der Waals surface area contributed by atoms with E-state index in [4.69, 9.17) is 0 Å². The average molecular weight is 374 g/mol. The van der Waals surface area contributed by atoms with Crippen molar-refractivity contribution in [2.24, 2.45) is 0 Å². The van der Waals surface area contributed by atoms with E-state index < -0.39 is 0 Å². The van der Waals surface area contributed by atoms with Gasteiger partial charge in [0.2, 0.25) is 5.95 Å². The number of carbonyl (C=O) groups excluding carboxylic acids is 2. The number of nitrogens with one attached hydrogen (secondary N) is 2. The Labute approximate surface area is 164 Å². The Morgan fingerprint density at radius 2 is 1.57 bits per heavy atom. The Morgan fingerprint density at radius 3 is 2.25 bits per heavy atom. The van der Waals surface area contributed by atoms with E-state index in [1.807, 2.05) is 39.0 Å². The molecule has 1 heterocycles. The molecule has 0 aliphatic heterocycles. The third-order valence-corrected chi connectivity index (χ3v) is 4.33. The first kappa shape index (κ1) is 19.2. The van der Waals surface area contributed by atoms with Crippen molar-refractivity contribution in [3.8, 4) is 0 Å². The SMILES string of the molecule is CC(=O)c1cccc(NC(=O)c2cc(C)nc(Nc3c(C)cccc3C)n2)c1. The molecule has 6 heteroatoms. The zero-order chi connectivity index (χ0) is 20.3. The third-order valence-electron chi connectivity index (χ3n) is 4.33. The quantitative estimate of drug-likeness (QED) is 0.638. The molecule has 142 valence electrons. The van der Waals surface area contributed by atoms with Crippen LogP contribution in [-0.2, 0) is 0 Å². The van der Waals surface area contributed by atoms with Gasteiger partial charge < -0.3 is 10.6 Å². The van der Waals surface area contributed by atoms with E-state index in [0.717, 1.165) is 16.8 Å². The van der Waals surface area contributed by atoms with Crippen molar-refractivity contribution in [1.82, 2.24) is 9.97 Å². The van der Waals surface area contributed by atoms with Crippen molar-refractivity contribution in [2.75, 3.05) is 10.6 Å². The standard InChI is InChI=1S/C22H22N4O2/c1-13-7-5-8-14(2)20(13)26-22-23-15(3)11-19(25-22)21(28)24-18-10-6-9-17(12-18)16(4)27/h5-12H,1-4H3,(H,24,28)(H,23,25,26). The van der Waals surface area contributed by atoms with Crippen molar-refractivity contribution in [2.45, 2.75) is 27.7 Å². The molecule has 0 aliphatic carbocycles.